The number of rotatable bonds is 5. The number of hydrogen-bond donors (Lipinski definition) is 2. The highest BCUT2D eigenvalue weighted by atomic mass is 16.5. The molecule has 0 radical (unpaired) electrons. The Balaban J connectivity index is 1.39. The van der Waals surface area contributed by atoms with Gasteiger partial charge in [0.15, 0.2) is 0 Å². The zero-order valence-corrected chi connectivity index (χ0v) is 14.4. The Kier molecular flexibility index (Phi) is 4.17. The first-order valence-electron chi connectivity index (χ1n) is 8.78. The molecule has 1 unspecified atom stereocenters. The minimum Gasteiger partial charge on any atom is -0.445 e. The van der Waals surface area contributed by atoms with Gasteiger partial charge in [0.1, 0.15) is 6.61 Å². The summed E-state index contributed by atoms with van der Waals surface area (Å²) in [6.45, 7) is 4.88. The van der Waals surface area contributed by atoms with E-state index < -0.39 is 0 Å². The molecule has 2 aromatic rings. The Bertz CT molecular complexity index is 735. The number of nitrogens with zero attached hydrogens (tertiary/aromatic N) is 1. The van der Waals surface area contributed by atoms with Gasteiger partial charge >= 0.3 is 6.09 Å². The van der Waals surface area contributed by atoms with Gasteiger partial charge in [0.25, 0.3) is 0 Å². The zero-order chi connectivity index (χ0) is 17.3. The van der Waals surface area contributed by atoms with Crippen molar-refractivity contribution < 1.29 is 9.53 Å². The topological polar surface area (TPSA) is 63.2 Å². The summed E-state index contributed by atoms with van der Waals surface area (Å²) in [5.41, 5.74) is 3.17. The molecule has 2 N–H and O–H groups in total. The number of alkyl carbamates (subject to hydrolysis) is 1. The molecule has 0 bridgehead atoms. The molecule has 25 heavy (non-hydrogen) atoms. The predicted octanol–water partition coefficient (Wildman–Crippen LogP) is 2.40. The average Bonchev–Trinajstić information content (AvgIpc) is 3.00. The molecule has 1 aliphatic heterocycles. The van der Waals surface area contributed by atoms with E-state index in [1.807, 2.05) is 43.5 Å². The van der Waals surface area contributed by atoms with Crippen molar-refractivity contribution in [3.05, 3.63) is 65.5 Å². The first-order valence-corrected chi connectivity index (χ1v) is 8.78. The third-order valence-corrected chi connectivity index (χ3v) is 5.55. The van der Waals surface area contributed by atoms with Crippen molar-refractivity contribution in [1.29, 1.82) is 0 Å². The van der Waals surface area contributed by atoms with Crippen LogP contribution in [-0.4, -0.2) is 30.7 Å². The number of hydrogen-bond acceptors (Lipinski definition) is 4. The molecule has 1 saturated heterocycles. The summed E-state index contributed by atoms with van der Waals surface area (Å²) in [6.07, 6.45) is 1.54. The fourth-order valence-electron chi connectivity index (χ4n) is 4.12. The molecular weight excluding hydrogens is 314 g/mol. The number of piperidine rings is 1. The van der Waals surface area contributed by atoms with E-state index in [9.17, 15) is 4.79 Å². The van der Waals surface area contributed by atoms with Gasteiger partial charge in [0, 0.05) is 23.9 Å². The fourth-order valence-corrected chi connectivity index (χ4v) is 4.12. The highest BCUT2D eigenvalue weighted by Crippen LogP contribution is 2.60. The molecule has 1 aromatic carbocycles. The molecule has 4 rings (SSSR count). The second-order valence-electron chi connectivity index (χ2n) is 7.05. The second-order valence-corrected chi connectivity index (χ2v) is 7.05. The standard InChI is InChI=1S/C20H23N3O2/c1-14-7-8-18(22-9-14)20(16-10-21-11-17(16)20)13-23-19(24)25-12-15-5-3-2-4-6-15/h2-9,16-17,21H,10-13H2,1H3,(H,23,24)/t16-,17+,20?. The van der Waals surface area contributed by atoms with E-state index in [0.717, 1.165) is 29.9 Å². The summed E-state index contributed by atoms with van der Waals surface area (Å²) in [5, 5.41) is 6.39. The lowest BCUT2D eigenvalue weighted by molar-refractivity contribution is 0.138. The molecule has 1 saturated carbocycles. The maximum atomic E-state index is 12.1. The van der Waals surface area contributed by atoms with E-state index in [2.05, 4.69) is 27.8 Å². The number of aryl methyl sites for hydroxylation is 1. The Morgan fingerprint density at radius 2 is 2.00 bits per heavy atom. The quantitative estimate of drug-likeness (QED) is 0.879. The van der Waals surface area contributed by atoms with Crippen LogP contribution in [0, 0.1) is 18.8 Å². The number of carbonyl (C=O) groups is 1. The van der Waals surface area contributed by atoms with Crippen molar-refractivity contribution in [3.8, 4) is 0 Å². The second kappa shape index (κ2) is 6.48. The van der Waals surface area contributed by atoms with Gasteiger partial charge < -0.3 is 15.4 Å². The monoisotopic (exact) mass is 337 g/mol. The molecule has 3 atom stereocenters. The summed E-state index contributed by atoms with van der Waals surface area (Å²) in [4.78, 5) is 16.8. The fraction of sp³-hybridized carbons (Fsp3) is 0.400. The van der Waals surface area contributed by atoms with E-state index in [-0.39, 0.29) is 18.1 Å². The molecule has 2 heterocycles. The van der Waals surface area contributed by atoms with Crippen molar-refractivity contribution >= 4 is 6.09 Å². The van der Waals surface area contributed by atoms with Gasteiger partial charge in [-0.15, -0.1) is 0 Å². The first-order chi connectivity index (χ1) is 12.2. The van der Waals surface area contributed by atoms with Gasteiger partial charge in [0.2, 0.25) is 0 Å². The molecule has 5 nitrogen and oxygen atoms in total. The van der Waals surface area contributed by atoms with Crippen LogP contribution in [0.2, 0.25) is 0 Å². The third kappa shape index (κ3) is 3.00. The van der Waals surface area contributed by atoms with E-state index in [0.29, 0.717) is 18.4 Å². The lowest BCUT2D eigenvalue weighted by Crippen LogP contribution is -2.38. The number of benzene rings is 1. The summed E-state index contributed by atoms with van der Waals surface area (Å²) in [7, 11) is 0. The summed E-state index contributed by atoms with van der Waals surface area (Å²) < 4.78 is 5.34. The van der Waals surface area contributed by atoms with Crippen LogP contribution >= 0.6 is 0 Å². The van der Waals surface area contributed by atoms with Gasteiger partial charge in [-0.1, -0.05) is 36.4 Å². The molecular formula is C20H23N3O2. The summed E-state index contributed by atoms with van der Waals surface area (Å²) in [5.74, 6) is 1.08. The van der Waals surface area contributed by atoms with Crippen LogP contribution < -0.4 is 10.6 Å². The van der Waals surface area contributed by atoms with Crippen molar-refractivity contribution in [1.82, 2.24) is 15.6 Å². The van der Waals surface area contributed by atoms with Gasteiger partial charge in [-0.2, -0.15) is 0 Å². The molecule has 1 aromatic heterocycles. The Morgan fingerprint density at radius 3 is 2.68 bits per heavy atom. The molecule has 1 amide bonds. The SMILES string of the molecule is Cc1ccc(C2(CNC(=O)OCc3ccccc3)[C@@H]3CNC[C@@H]32)nc1. The lowest BCUT2D eigenvalue weighted by Gasteiger charge is -2.21. The van der Waals surface area contributed by atoms with Gasteiger partial charge in [-0.3, -0.25) is 4.98 Å². The number of fused-ring (bicyclic) bond motifs is 1. The predicted molar refractivity (Wildman–Crippen MR) is 95.1 cm³/mol. The highest BCUT2D eigenvalue weighted by molar-refractivity contribution is 5.67. The van der Waals surface area contributed by atoms with Crippen molar-refractivity contribution in [2.75, 3.05) is 19.6 Å². The van der Waals surface area contributed by atoms with E-state index >= 15 is 0 Å². The van der Waals surface area contributed by atoms with Gasteiger partial charge in [-0.05, 0) is 49.0 Å². The van der Waals surface area contributed by atoms with Crippen LogP contribution in [0.25, 0.3) is 0 Å². The van der Waals surface area contributed by atoms with Crippen LogP contribution in [0.4, 0.5) is 4.79 Å². The Hall–Kier alpha value is -2.40. The van der Waals surface area contributed by atoms with Crippen LogP contribution in [-0.2, 0) is 16.8 Å². The van der Waals surface area contributed by atoms with Gasteiger partial charge in [0.05, 0.1) is 0 Å². The summed E-state index contributed by atoms with van der Waals surface area (Å²) in [6, 6.07) is 13.9. The number of aromatic nitrogens is 1. The van der Waals surface area contributed by atoms with Crippen molar-refractivity contribution in [3.63, 3.8) is 0 Å². The number of nitrogens with one attached hydrogen (secondary N) is 2. The molecule has 2 aliphatic rings. The Morgan fingerprint density at radius 1 is 1.24 bits per heavy atom. The van der Waals surface area contributed by atoms with Crippen LogP contribution in [0.15, 0.2) is 48.7 Å². The normalized spacial score (nSPS) is 26.8. The maximum absolute atomic E-state index is 12.1. The van der Waals surface area contributed by atoms with Crippen LogP contribution in [0.5, 0.6) is 0 Å². The number of carbonyl (C=O) groups excluding carboxylic acids is 1. The third-order valence-electron chi connectivity index (χ3n) is 5.55. The molecule has 130 valence electrons. The smallest absolute Gasteiger partial charge is 0.407 e. The number of pyridine rings is 1. The minimum atomic E-state index is -0.367. The molecule has 0 spiro atoms. The van der Waals surface area contributed by atoms with Gasteiger partial charge in [-0.25, -0.2) is 4.79 Å². The van der Waals surface area contributed by atoms with Crippen LogP contribution in [0.3, 0.4) is 0 Å². The molecule has 5 heteroatoms. The van der Waals surface area contributed by atoms with E-state index in [1.54, 1.807) is 0 Å². The average molecular weight is 337 g/mol. The van der Waals surface area contributed by atoms with Crippen molar-refractivity contribution in [2.24, 2.45) is 11.8 Å². The largest absolute Gasteiger partial charge is 0.445 e. The molecule has 2 fully saturated rings. The van der Waals surface area contributed by atoms with E-state index in [1.165, 1.54) is 0 Å². The van der Waals surface area contributed by atoms with Crippen LogP contribution in [0.1, 0.15) is 16.8 Å². The minimum absolute atomic E-state index is 0.0509. The first kappa shape index (κ1) is 16.1. The number of ether oxygens (including phenoxy) is 1. The lowest BCUT2D eigenvalue weighted by atomic mass is 9.94. The van der Waals surface area contributed by atoms with Crippen molar-refractivity contribution in [2.45, 2.75) is 18.9 Å². The summed E-state index contributed by atoms with van der Waals surface area (Å²) >= 11 is 0. The Labute approximate surface area is 147 Å². The van der Waals surface area contributed by atoms with E-state index in [4.69, 9.17) is 4.74 Å². The zero-order valence-electron chi connectivity index (χ0n) is 14.4. The highest BCUT2D eigenvalue weighted by Gasteiger charge is 2.67. The molecule has 1 aliphatic carbocycles. The number of amides is 1. The maximum Gasteiger partial charge on any atom is 0.407 e.